The highest BCUT2D eigenvalue weighted by Crippen LogP contribution is 2.26. The van der Waals surface area contributed by atoms with Crippen LogP contribution >= 0.6 is 11.3 Å². The van der Waals surface area contributed by atoms with Crippen LogP contribution in [0.15, 0.2) is 18.2 Å². The van der Waals surface area contributed by atoms with Gasteiger partial charge in [-0.15, -0.1) is 0 Å². The molecule has 0 bridgehead atoms. The van der Waals surface area contributed by atoms with Gasteiger partial charge < -0.3 is 5.32 Å². The number of rotatable bonds is 4. The molecule has 0 saturated heterocycles. The molecule has 2 rings (SSSR count). The second kappa shape index (κ2) is 4.88. The van der Waals surface area contributed by atoms with Crippen LogP contribution in [0.3, 0.4) is 0 Å². The van der Waals surface area contributed by atoms with Gasteiger partial charge in [0.1, 0.15) is 5.82 Å². The zero-order valence-electron chi connectivity index (χ0n) is 8.70. The van der Waals surface area contributed by atoms with Crippen molar-refractivity contribution >= 4 is 37.5 Å². The summed E-state index contributed by atoms with van der Waals surface area (Å²) >= 11 is 1.40. The van der Waals surface area contributed by atoms with Crippen LogP contribution < -0.4 is 5.32 Å². The van der Waals surface area contributed by atoms with E-state index in [0.29, 0.717) is 12.3 Å². The first kappa shape index (κ1) is 11.5. The first-order valence-electron chi connectivity index (χ1n) is 4.75. The van der Waals surface area contributed by atoms with Crippen LogP contribution in [0.25, 0.3) is 10.2 Å². The van der Waals surface area contributed by atoms with Crippen LogP contribution in [0.2, 0.25) is 0 Å². The first-order chi connectivity index (χ1) is 7.65. The molecule has 0 amide bonds. The second-order valence-corrected chi connectivity index (χ2v) is 5.92. The van der Waals surface area contributed by atoms with E-state index in [2.05, 4.69) is 10.3 Å². The van der Waals surface area contributed by atoms with E-state index in [-0.39, 0.29) is 5.82 Å². The molecule has 6 heteroatoms. The third-order valence-corrected chi connectivity index (χ3v) is 3.77. The Morgan fingerprint density at radius 3 is 3.12 bits per heavy atom. The highest BCUT2D eigenvalue weighted by Gasteiger charge is 2.04. The van der Waals surface area contributed by atoms with Gasteiger partial charge in [-0.2, -0.15) is 0 Å². The van der Waals surface area contributed by atoms with Gasteiger partial charge in [-0.05, 0) is 18.2 Å². The van der Waals surface area contributed by atoms with Crippen LogP contribution in [0, 0.1) is 5.82 Å². The normalized spacial score (nSPS) is 12.9. The number of hydrogen-bond acceptors (Lipinski definition) is 4. The predicted octanol–water partition coefficient (Wildman–Crippen LogP) is 2.23. The molecular weight excluding hydrogens is 247 g/mol. The van der Waals surface area contributed by atoms with Gasteiger partial charge in [0.15, 0.2) is 5.13 Å². The Morgan fingerprint density at radius 1 is 1.56 bits per heavy atom. The van der Waals surface area contributed by atoms with Crippen molar-refractivity contribution in [3.63, 3.8) is 0 Å². The van der Waals surface area contributed by atoms with Gasteiger partial charge in [-0.25, -0.2) is 9.37 Å². The summed E-state index contributed by atoms with van der Waals surface area (Å²) in [4.78, 5) is 4.29. The Labute approximate surface area is 99.2 Å². The molecule has 0 fully saturated rings. The lowest BCUT2D eigenvalue weighted by atomic mass is 10.3. The summed E-state index contributed by atoms with van der Waals surface area (Å²) in [5.41, 5.74) is 0.784. The summed E-state index contributed by atoms with van der Waals surface area (Å²) < 4.78 is 24.6. The minimum atomic E-state index is -0.806. The Kier molecular flexibility index (Phi) is 3.50. The fraction of sp³-hybridized carbons (Fsp3) is 0.300. The van der Waals surface area contributed by atoms with Crippen molar-refractivity contribution in [2.24, 2.45) is 0 Å². The number of thiazole rings is 1. The van der Waals surface area contributed by atoms with E-state index in [0.717, 1.165) is 15.3 Å². The van der Waals surface area contributed by atoms with Crippen LogP contribution in [-0.2, 0) is 10.8 Å². The molecule has 1 unspecified atom stereocenters. The molecular formula is C10H11FN2OS2. The molecule has 0 aliphatic rings. The lowest BCUT2D eigenvalue weighted by Gasteiger charge is -1.98. The van der Waals surface area contributed by atoms with Crippen molar-refractivity contribution in [3.05, 3.63) is 24.0 Å². The SMILES string of the molecule is CS(=O)CCNc1nc2ccc(F)cc2s1. The Balaban J connectivity index is 2.10. The van der Waals surface area contributed by atoms with Gasteiger partial charge in [-0.3, -0.25) is 4.21 Å². The smallest absolute Gasteiger partial charge is 0.183 e. The van der Waals surface area contributed by atoms with Crippen molar-refractivity contribution in [3.8, 4) is 0 Å². The summed E-state index contributed by atoms with van der Waals surface area (Å²) in [6.07, 6.45) is 1.66. The maximum absolute atomic E-state index is 12.9. The molecule has 3 nitrogen and oxygen atoms in total. The topological polar surface area (TPSA) is 42.0 Å². The predicted molar refractivity (Wildman–Crippen MR) is 67.0 cm³/mol. The number of fused-ring (bicyclic) bond motifs is 1. The van der Waals surface area contributed by atoms with Gasteiger partial charge in [0.2, 0.25) is 0 Å². The molecule has 86 valence electrons. The van der Waals surface area contributed by atoms with E-state index in [4.69, 9.17) is 0 Å². The molecule has 0 saturated carbocycles. The molecule has 1 atom stereocenters. The lowest BCUT2D eigenvalue weighted by molar-refractivity contribution is 0.630. The van der Waals surface area contributed by atoms with E-state index in [1.54, 1.807) is 12.3 Å². The van der Waals surface area contributed by atoms with Crippen molar-refractivity contribution in [1.82, 2.24) is 4.98 Å². The molecule has 1 heterocycles. The molecule has 0 spiro atoms. The number of hydrogen-bond donors (Lipinski definition) is 1. The van der Waals surface area contributed by atoms with Crippen LogP contribution in [0.5, 0.6) is 0 Å². The van der Waals surface area contributed by atoms with E-state index >= 15 is 0 Å². The monoisotopic (exact) mass is 258 g/mol. The molecule has 16 heavy (non-hydrogen) atoms. The molecule has 0 aliphatic heterocycles. The van der Waals surface area contributed by atoms with Gasteiger partial charge in [-0.1, -0.05) is 11.3 Å². The fourth-order valence-corrected chi connectivity index (χ4v) is 2.58. The molecule has 1 aromatic heterocycles. The Bertz CT molecular complexity index is 527. The number of anilines is 1. The number of benzene rings is 1. The van der Waals surface area contributed by atoms with E-state index in [9.17, 15) is 8.60 Å². The summed E-state index contributed by atoms with van der Waals surface area (Å²) in [6.45, 7) is 0.616. The Hall–Kier alpha value is -1.01. The number of nitrogens with zero attached hydrogens (tertiary/aromatic N) is 1. The van der Waals surface area contributed by atoms with E-state index in [1.165, 1.54) is 23.5 Å². The maximum Gasteiger partial charge on any atom is 0.183 e. The van der Waals surface area contributed by atoms with Crippen molar-refractivity contribution in [1.29, 1.82) is 0 Å². The molecule has 1 N–H and O–H groups in total. The minimum Gasteiger partial charge on any atom is -0.361 e. The summed E-state index contributed by atoms with van der Waals surface area (Å²) in [5, 5.41) is 3.82. The van der Waals surface area contributed by atoms with Gasteiger partial charge in [0.05, 0.1) is 10.2 Å². The van der Waals surface area contributed by atoms with Crippen molar-refractivity contribution < 1.29 is 8.60 Å². The van der Waals surface area contributed by atoms with Crippen LogP contribution in [-0.4, -0.2) is 27.7 Å². The zero-order chi connectivity index (χ0) is 11.5. The van der Waals surface area contributed by atoms with Crippen LogP contribution in [0.1, 0.15) is 0 Å². The van der Waals surface area contributed by atoms with Crippen molar-refractivity contribution in [2.45, 2.75) is 0 Å². The van der Waals surface area contributed by atoms with Gasteiger partial charge in [0.25, 0.3) is 0 Å². The molecule has 1 aromatic carbocycles. The average Bonchev–Trinajstić information content (AvgIpc) is 2.58. The fourth-order valence-electron chi connectivity index (χ4n) is 1.28. The number of aromatic nitrogens is 1. The van der Waals surface area contributed by atoms with Gasteiger partial charge >= 0.3 is 0 Å². The molecule has 0 aliphatic carbocycles. The Morgan fingerprint density at radius 2 is 2.38 bits per heavy atom. The number of halogens is 1. The maximum atomic E-state index is 12.9. The highest BCUT2D eigenvalue weighted by atomic mass is 32.2. The standard InChI is InChI=1S/C10H11FN2OS2/c1-16(14)5-4-12-10-13-8-3-2-7(11)6-9(8)15-10/h2-3,6H,4-5H2,1H3,(H,12,13). The summed E-state index contributed by atoms with van der Waals surface area (Å²) in [6, 6.07) is 4.52. The minimum absolute atomic E-state index is 0.252. The largest absolute Gasteiger partial charge is 0.361 e. The average molecular weight is 258 g/mol. The molecule has 0 radical (unpaired) electrons. The van der Waals surface area contributed by atoms with Crippen LogP contribution in [0.4, 0.5) is 9.52 Å². The second-order valence-electron chi connectivity index (χ2n) is 3.34. The third-order valence-electron chi connectivity index (χ3n) is 2.02. The van der Waals surface area contributed by atoms with Crippen molar-refractivity contribution in [2.75, 3.05) is 23.9 Å². The lowest BCUT2D eigenvalue weighted by Crippen LogP contribution is -2.09. The third kappa shape index (κ3) is 2.76. The summed E-state index contributed by atoms with van der Waals surface area (Å²) in [5.74, 6) is 0.335. The number of nitrogens with one attached hydrogen (secondary N) is 1. The zero-order valence-corrected chi connectivity index (χ0v) is 10.3. The van der Waals surface area contributed by atoms with E-state index in [1.807, 2.05) is 0 Å². The van der Waals surface area contributed by atoms with E-state index < -0.39 is 10.8 Å². The van der Waals surface area contributed by atoms with Gasteiger partial charge in [0, 0.05) is 29.4 Å². The highest BCUT2D eigenvalue weighted by molar-refractivity contribution is 7.84. The molecule has 2 aromatic rings. The summed E-state index contributed by atoms with van der Waals surface area (Å²) in [7, 11) is -0.806. The quantitative estimate of drug-likeness (QED) is 0.914. The first-order valence-corrected chi connectivity index (χ1v) is 7.29.